The maximum Gasteiger partial charge on any atom is 0.342 e. The second-order valence-corrected chi connectivity index (χ2v) is 4.36. The monoisotopic (exact) mass is 283 g/mol. The van der Waals surface area contributed by atoms with Gasteiger partial charge in [-0.25, -0.2) is 4.79 Å². The van der Waals surface area contributed by atoms with Gasteiger partial charge in [0, 0.05) is 5.02 Å². The molecule has 0 aliphatic rings. The molecule has 2 aromatic carbocycles. The van der Waals surface area contributed by atoms with E-state index in [4.69, 9.17) is 21.6 Å². The molecule has 3 nitrogen and oxygen atoms in total. The van der Waals surface area contributed by atoms with E-state index in [0.29, 0.717) is 16.1 Å². The number of ether oxygens (including phenoxy) is 1. The highest BCUT2D eigenvalue weighted by molar-refractivity contribution is 6.30. The molecular formula is C16H10ClNO2. The first kappa shape index (κ1) is 13.9. The number of rotatable bonds is 3. The smallest absolute Gasteiger partial charge is 0.342 e. The van der Waals surface area contributed by atoms with Crippen LogP contribution in [0.15, 0.2) is 60.9 Å². The molecule has 0 fully saturated rings. The van der Waals surface area contributed by atoms with Crippen LogP contribution in [0, 0.1) is 11.3 Å². The molecule has 0 aromatic heterocycles. The van der Waals surface area contributed by atoms with E-state index in [0.717, 1.165) is 6.26 Å². The van der Waals surface area contributed by atoms with Crippen molar-refractivity contribution in [1.82, 2.24) is 0 Å². The van der Waals surface area contributed by atoms with Crippen LogP contribution >= 0.6 is 11.6 Å². The Morgan fingerprint density at radius 3 is 2.30 bits per heavy atom. The number of hydrogen-bond acceptors (Lipinski definition) is 3. The van der Waals surface area contributed by atoms with Gasteiger partial charge in [0.2, 0.25) is 0 Å². The molecule has 0 radical (unpaired) electrons. The fraction of sp³-hybridized carbons (Fsp3) is 0. The number of hydrogen-bond donors (Lipinski definition) is 0. The summed E-state index contributed by atoms with van der Waals surface area (Å²) in [6.07, 6.45) is 1.15. The minimum Gasteiger partial charge on any atom is -0.429 e. The first-order valence-corrected chi connectivity index (χ1v) is 6.21. The van der Waals surface area contributed by atoms with E-state index in [1.165, 1.54) is 0 Å². The van der Waals surface area contributed by atoms with Gasteiger partial charge < -0.3 is 4.74 Å². The van der Waals surface area contributed by atoms with Crippen LogP contribution in [0.1, 0.15) is 15.9 Å². The molecule has 0 aliphatic carbocycles. The topological polar surface area (TPSA) is 50.1 Å². The lowest BCUT2D eigenvalue weighted by atomic mass is 10.1. The molecule has 0 saturated heterocycles. The largest absolute Gasteiger partial charge is 0.429 e. The van der Waals surface area contributed by atoms with Crippen molar-refractivity contribution < 1.29 is 9.53 Å². The summed E-state index contributed by atoms with van der Waals surface area (Å²) < 4.78 is 5.01. The second kappa shape index (κ2) is 6.55. The van der Waals surface area contributed by atoms with E-state index in [1.807, 2.05) is 6.07 Å². The molecule has 4 heteroatoms. The van der Waals surface area contributed by atoms with E-state index >= 15 is 0 Å². The van der Waals surface area contributed by atoms with Gasteiger partial charge >= 0.3 is 5.97 Å². The Bertz CT molecular complexity index is 670. The average Bonchev–Trinajstić information content (AvgIpc) is 2.50. The first-order valence-electron chi connectivity index (χ1n) is 5.83. The fourth-order valence-electron chi connectivity index (χ4n) is 1.54. The minimum atomic E-state index is -0.507. The molecule has 0 amide bonds. The third-order valence-corrected chi connectivity index (χ3v) is 2.82. The summed E-state index contributed by atoms with van der Waals surface area (Å²) in [6.45, 7) is 0. The van der Waals surface area contributed by atoms with Crippen LogP contribution in [-0.2, 0) is 4.74 Å². The van der Waals surface area contributed by atoms with Crippen molar-refractivity contribution in [2.24, 2.45) is 0 Å². The van der Waals surface area contributed by atoms with Crippen molar-refractivity contribution in [3.8, 4) is 6.07 Å². The highest BCUT2D eigenvalue weighted by Gasteiger charge is 2.06. The Morgan fingerprint density at radius 1 is 1.05 bits per heavy atom. The Hall–Kier alpha value is -2.57. The molecule has 0 unspecified atom stereocenters. The molecule has 20 heavy (non-hydrogen) atoms. The molecule has 0 spiro atoms. The number of carbonyl (C=O) groups is 1. The van der Waals surface area contributed by atoms with Gasteiger partial charge in [-0.3, -0.25) is 0 Å². The lowest BCUT2D eigenvalue weighted by Crippen LogP contribution is -2.00. The molecule has 0 saturated carbocycles. The van der Waals surface area contributed by atoms with Gasteiger partial charge in [-0.15, -0.1) is 0 Å². The normalized spacial score (nSPS) is 10.7. The molecular weight excluding hydrogens is 274 g/mol. The van der Waals surface area contributed by atoms with Crippen LogP contribution in [0.5, 0.6) is 0 Å². The zero-order valence-electron chi connectivity index (χ0n) is 10.4. The predicted octanol–water partition coefficient (Wildman–Crippen LogP) is 4.06. The van der Waals surface area contributed by atoms with E-state index in [1.54, 1.807) is 54.6 Å². The van der Waals surface area contributed by atoms with Crippen molar-refractivity contribution >= 4 is 23.1 Å². The quantitative estimate of drug-likeness (QED) is 0.485. The number of benzene rings is 2. The maximum absolute atomic E-state index is 11.8. The van der Waals surface area contributed by atoms with E-state index in [9.17, 15) is 4.79 Å². The number of nitrogens with zero attached hydrogens (tertiary/aromatic N) is 1. The minimum absolute atomic E-state index is 0.256. The van der Waals surface area contributed by atoms with Gasteiger partial charge in [-0.2, -0.15) is 5.26 Å². The van der Waals surface area contributed by atoms with Gasteiger partial charge in [-0.1, -0.05) is 41.9 Å². The summed E-state index contributed by atoms with van der Waals surface area (Å²) in [4.78, 5) is 11.8. The highest BCUT2D eigenvalue weighted by Crippen LogP contribution is 2.17. The van der Waals surface area contributed by atoms with Crippen LogP contribution in [0.4, 0.5) is 0 Å². The van der Waals surface area contributed by atoms with E-state index in [2.05, 4.69) is 0 Å². The third kappa shape index (κ3) is 3.47. The maximum atomic E-state index is 11.8. The molecule has 0 bridgehead atoms. The molecule has 0 N–H and O–H groups in total. The standard InChI is InChI=1S/C16H10ClNO2/c17-15-8-6-12(7-9-15)14(10-18)11-20-16(19)13-4-2-1-3-5-13/h1-9,11H. The number of halogens is 1. The predicted molar refractivity (Wildman–Crippen MR) is 76.9 cm³/mol. The zero-order chi connectivity index (χ0) is 14.4. The molecule has 2 rings (SSSR count). The number of esters is 1. The molecule has 0 aliphatic heterocycles. The van der Waals surface area contributed by atoms with Gasteiger partial charge in [0.1, 0.15) is 12.3 Å². The summed E-state index contributed by atoms with van der Waals surface area (Å²) in [5.41, 5.74) is 1.32. The molecule has 98 valence electrons. The number of carbonyl (C=O) groups excluding carboxylic acids is 1. The SMILES string of the molecule is N#CC(=COC(=O)c1ccccc1)c1ccc(Cl)cc1. The van der Waals surface area contributed by atoms with Crippen LogP contribution in [0.2, 0.25) is 5.02 Å². The highest BCUT2D eigenvalue weighted by atomic mass is 35.5. The lowest BCUT2D eigenvalue weighted by Gasteiger charge is -2.01. The van der Waals surface area contributed by atoms with Crippen molar-refractivity contribution in [2.45, 2.75) is 0 Å². The second-order valence-electron chi connectivity index (χ2n) is 3.92. The average molecular weight is 284 g/mol. The third-order valence-electron chi connectivity index (χ3n) is 2.57. The number of nitriles is 1. The lowest BCUT2D eigenvalue weighted by molar-refractivity contribution is 0.0664. The van der Waals surface area contributed by atoms with Gasteiger partial charge in [0.15, 0.2) is 0 Å². The first-order chi connectivity index (χ1) is 9.70. The van der Waals surface area contributed by atoms with Crippen LogP contribution in [0.3, 0.4) is 0 Å². The van der Waals surface area contributed by atoms with Gasteiger partial charge in [-0.05, 0) is 29.8 Å². The van der Waals surface area contributed by atoms with Crippen LogP contribution in [-0.4, -0.2) is 5.97 Å². The Morgan fingerprint density at radius 2 is 1.70 bits per heavy atom. The Kier molecular flexibility index (Phi) is 4.54. The Labute approximate surface area is 121 Å². The van der Waals surface area contributed by atoms with E-state index < -0.39 is 5.97 Å². The van der Waals surface area contributed by atoms with Crippen LogP contribution in [0.25, 0.3) is 5.57 Å². The van der Waals surface area contributed by atoms with Crippen molar-refractivity contribution in [2.75, 3.05) is 0 Å². The molecule has 0 atom stereocenters. The molecule has 0 heterocycles. The van der Waals surface area contributed by atoms with Gasteiger partial charge in [0.05, 0.1) is 11.1 Å². The number of allylic oxidation sites excluding steroid dienone is 1. The van der Waals surface area contributed by atoms with E-state index in [-0.39, 0.29) is 5.57 Å². The summed E-state index contributed by atoms with van der Waals surface area (Å²) >= 11 is 5.78. The summed E-state index contributed by atoms with van der Waals surface area (Å²) in [6, 6.07) is 17.3. The van der Waals surface area contributed by atoms with Gasteiger partial charge in [0.25, 0.3) is 0 Å². The van der Waals surface area contributed by atoms with Crippen molar-refractivity contribution in [1.29, 1.82) is 5.26 Å². The summed E-state index contributed by atoms with van der Waals surface area (Å²) in [5, 5.41) is 9.67. The van der Waals surface area contributed by atoms with Crippen molar-refractivity contribution in [3.63, 3.8) is 0 Å². The van der Waals surface area contributed by atoms with Crippen LogP contribution < -0.4 is 0 Å². The summed E-state index contributed by atoms with van der Waals surface area (Å²) in [5.74, 6) is -0.507. The fourth-order valence-corrected chi connectivity index (χ4v) is 1.67. The summed E-state index contributed by atoms with van der Waals surface area (Å²) in [7, 11) is 0. The molecule has 2 aromatic rings. The Balaban J connectivity index is 2.15. The zero-order valence-corrected chi connectivity index (χ0v) is 11.2. The van der Waals surface area contributed by atoms with Crippen molar-refractivity contribution in [3.05, 3.63) is 77.0 Å².